The van der Waals surface area contributed by atoms with Crippen LogP contribution in [0.1, 0.15) is 47.2 Å². The zero-order chi connectivity index (χ0) is 22.4. The van der Waals surface area contributed by atoms with Crippen LogP contribution in [0.4, 0.5) is 20.7 Å². The maximum Gasteiger partial charge on any atom is 0.414 e. The summed E-state index contributed by atoms with van der Waals surface area (Å²) in [5.74, 6) is 0.670. The van der Waals surface area contributed by atoms with Gasteiger partial charge in [-0.2, -0.15) is 0 Å². The molecule has 3 heterocycles. The monoisotopic (exact) mass is 438 g/mol. The molecule has 5 rings (SSSR count). The molecule has 3 fully saturated rings. The molecular formula is C24H27FN4O3. The lowest BCUT2D eigenvalue weighted by Crippen LogP contribution is -2.49. The van der Waals surface area contributed by atoms with Crippen molar-refractivity contribution >= 4 is 23.5 Å². The van der Waals surface area contributed by atoms with Crippen molar-refractivity contribution in [2.75, 3.05) is 42.6 Å². The Morgan fingerprint density at radius 3 is 2.50 bits per heavy atom. The molecule has 3 aliphatic rings. The Balaban J connectivity index is 1.25. The first-order valence-electron chi connectivity index (χ1n) is 11.2. The van der Waals surface area contributed by atoms with E-state index < -0.39 is 11.9 Å². The molecular weight excluding hydrogens is 411 g/mol. The number of aryl methyl sites for hydroxylation is 1. The van der Waals surface area contributed by atoms with Gasteiger partial charge in [0, 0.05) is 32.4 Å². The average molecular weight is 439 g/mol. The molecule has 1 aromatic carbocycles. The third-order valence-corrected chi connectivity index (χ3v) is 6.53. The number of halogens is 1. The van der Waals surface area contributed by atoms with Crippen LogP contribution in [0.15, 0.2) is 30.5 Å². The van der Waals surface area contributed by atoms with Gasteiger partial charge in [-0.15, -0.1) is 0 Å². The van der Waals surface area contributed by atoms with Crippen molar-refractivity contribution in [3.8, 4) is 0 Å². The fraction of sp³-hybridized carbons (Fsp3) is 0.458. The second kappa shape index (κ2) is 8.07. The lowest BCUT2D eigenvalue weighted by atomic mass is 10.1. The normalized spacial score (nSPS) is 21.2. The van der Waals surface area contributed by atoms with Crippen LogP contribution in [0, 0.1) is 12.7 Å². The number of hydrogen-bond acceptors (Lipinski definition) is 5. The van der Waals surface area contributed by atoms with Crippen molar-refractivity contribution in [3.63, 3.8) is 0 Å². The molecule has 1 saturated carbocycles. The number of hydrogen-bond donors (Lipinski definition) is 0. The van der Waals surface area contributed by atoms with E-state index in [-0.39, 0.29) is 24.1 Å². The molecule has 1 aromatic heterocycles. The highest BCUT2D eigenvalue weighted by molar-refractivity contribution is 5.96. The molecule has 0 unspecified atom stereocenters. The van der Waals surface area contributed by atoms with Gasteiger partial charge in [-0.25, -0.2) is 14.2 Å². The first-order valence-corrected chi connectivity index (χ1v) is 11.2. The van der Waals surface area contributed by atoms with E-state index in [0.29, 0.717) is 37.8 Å². The Hall–Kier alpha value is -3.16. The van der Waals surface area contributed by atoms with Crippen LogP contribution in [0.5, 0.6) is 0 Å². The maximum absolute atomic E-state index is 14.8. The van der Waals surface area contributed by atoms with Crippen molar-refractivity contribution in [3.05, 3.63) is 53.0 Å². The Kier molecular flexibility index (Phi) is 5.23. The van der Waals surface area contributed by atoms with Crippen molar-refractivity contribution < 1.29 is 18.7 Å². The van der Waals surface area contributed by atoms with Gasteiger partial charge < -0.3 is 14.5 Å². The van der Waals surface area contributed by atoms with E-state index >= 15 is 0 Å². The number of nitrogens with zero attached hydrogens (tertiary/aromatic N) is 4. The van der Waals surface area contributed by atoms with Crippen molar-refractivity contribution in [1.82, 2.24) is 9.88 Å². The van der Waals surface area contributed by atoms with Crippen LogP contribution >= 0.6 is 0 Å². The first-order chi connectivity index (χ1) is 15.4. The Labute approximate surface area is 186 Å². The van der Waals surface area contributed by atoms with E-state index in [2.05, 4.69) is 22.9 Å². The van der Waals surface area contributed by atoms with Crippen LogP contribution in [-0.2, 0) is 4.74 Å². The van der Waals surface area contributed by atoms with Crippen molar-refractivity contribution in [2.45, 2.75) is 38.6 Å². The van der Waals surface area contributed by atoms with E-state index in [1.807, 2.05) is 13.1 Å². The quantitative estimate of drug-likeness (QED) is 0.728. The Morgan fingerprint density at radius 1 is 1.16 bits per heavy atom. The standard InChI is InChI=1S/C24H27FN4O3/c1-15-11-18(17-3-4-17)13-26-22(15)27-7-9-28(10-8-27)23(30)20-6-5-19(12-21(20)25)29-16(2)14-32-24(29)31/h5-6,11-13,16-17H,3-4,7-10,14H2,1-2H3/t16-/m1/s1. The average Bonchev–Trinajstić information content (AvgIpc) is 3.58. The van der Waals surface area contributed by atoms with Gasteiger partial charge in [0.2, 0.25) is 0 Å². The van der Waals surface area contributed by atoms with E-state index in [9.17, 15) is 14.0 Å². The van der Waals surface area contributed by atoms with Gasteiger partial charge in [0.05, 0.1) is 17.3 Å². The van der Waals surface area contributed by atoms with Gasteiger partial charge in [-0.3, -0.25) is 9.69 Å². The fourth-order valence-electron chi connectivity index (χ4n) is 4.56. The zero-order valence-corrected chi connectivity index (χ0v) is 18.4. The molecule has 1 aliphatic carbocycles. The van der Waals surface area contributed by atoms with Crippen LogP contribution < -0.4 is 9.80 Å². The third-order valence-electron chi connectivity index (χ3n) is 6.53. The molecule has 0 spiro atoms. The van der Waals surface area contributed by atoms with E-state index in [1.165, 1.54) is 35.4 Å². The molecule has 1 atom stereocenters. The van der Waals surface area contributed by atoms with Gasteiger partial charge in [-0.1, -0.05) is 6.07 Å². The molecule has 2 aliphatic heterocycles. The topological polar surface area (TPSA) is 66.0 Å². The van der Waals surface area contributed by atoms with Gasteiger partial charge in [-0.05, 0) is 61.9 Å². The number of amides is 2. The number of benzene rings is 1. The predicted octanol–water partition coefficient (Wildman–Crippen LogP) is 3.71. The van der Waals surface area contributed by atoms with Crippen LogP contribution in [0.3, 0.4) is 0 Å². The Morgan fingerprint density at radius 2 is 1.91 bits per heavy atom. The summed E-state index contributed by atoms with van der Waals surface area (Å²) in [4.78, 5) is 34.8. The minimum Gasteiger partial charge on any atom is -0.447 e. The van der Waals surface area contributed by atoms with Crippen LogP contribution in [-0.4, -0.2) is 60.7 Å². The largest absolute Gasteiger partial charge is 0.447 e. The zero-order valence-electron chi connectivity index (χ0n) is 18.4. The summed E-state index contributed by atoms with van der Waals surface area (Å²) in [7, 11) is 0. The third kappa shape index (κ3) is 3.78. The molecule has 8 heteroatoms. The number of cyclic esters (lactones) is 1. The highest BCUT2D eigenvalue weighted by Gasteiger charge is 2.32. The van der Waals surface area contributed by atoms with Crippen LogP contribution in [0.25, 0.3) is 0 Å². The summed E-state index contributed by atoms with van der Waals surface area (Å²) in [5, 5.41) is 0. The minimum absolute atomic E-state index is 0.0190. The van der Waals surface area contributed by atoms with Gasteiger partial charge in [0.15, 0.2) is 0 Å². The van der Waals surface area contributed by atoms with E-state index in [4.69, 9.17) is 4.74 Å². The molecule has 7 nitrogen and oxygen atoms in total. The summed E-state index contributed by atoms with van der Waals surface area (Å²) in [5.41, 5.74) is 2.89. The maximum atomic E-state index is 14.8. The lowest BCUT2D eigenvalue weighted by molar-refractivity contribution is 0.0742. The number of pyridine rings is 1. The molecule has 168 valence electrons. The molecule has 0 N–H and O–H groups in total. The number of aromatic nitrogens is 1. The summed E-state index contributed by atoms with van der Waals surface area (Å²) >= 11 is 0. The predicted molar refractivity (Wildman–Crippen MR) is 119 cm³/mol. The highest BCUT2D eigenvalue weighted by atomic mass is 19.1. The molecule has 2 amide bonds. The number of piperazine rings is 1. The first kappa shape index (κ1) is 20.7. The van der Waals surface area contributed by atoms with Gasteiger partial charge >= 0.3 is 6.09 Å². The van der Waals surface area contributed by atoms with E-state index in [1.54, 1.807) is 11.0 Å². The summed E-state index contributed by atoms with van der Waals surface area (Å²) in [6.45, 7) is 6.49. The van der Waals surface area contributed by atoms with Crippen molar-refractivity contribution in [2.24, 2.45) is 0 Å². The second-order valence-corrected chi connectivity index (χ2v) is 8.92. The minimum atomic E-state index is -0.630. The van der Waals surface area contributed by atoms with Crippen LogP contribution in [0.2, 0.25) is 0 Å². The summed E-state index contributed by atoms with van der Waals surface area (Å²) in [6, 6.07) is 6.35. The van der Waals surface area contributed by atoms with Crippen molar-refractivity contribution in [1.29, 1.82) is 0 Å². The molecule has 0 radical (unpaired) electrons. The molecule has 0 bridgehead atoms. The van der Waals surface area contributed by atoms with E-state index in [0.717, 1.165) is 11.4 Å². The Bertz CT molecular complexity index is 1060. The lowest BCUT2D eigenvalue weighted by Gasteiger charge is -2.36. The number of rotatable bonds is 4. The number of carbonyl (C=O) groups excluding carboxylic acids is 2. The number of carbonyl (C=O) groups is 2. The highest BCUT2D eigenvalue weighted by Crippen LogP contribution is 2.40. The number of ether oxygens (including phenoxy) is 1. The number of anilines is 2. The second-order valence-electron chi connectivity index (χ2n) is 8.92. The molecule has 2 saturated heterocycles. The summed E-state index contributed by atoms with van der Waals surface area (Å²) in [6.07, 6.45) is 3.98. The summed E-state index contributed by atoms with van der Waals surface area (Å²) < 4.78 is 19.8. The SMILES string of the molecule is Cc1cc(C2CC2)cnc1N1CCN(C(=O)c2ccc(N3C(=O)OC[C@H]3C)cc2F)CC1. The molecule has 2 aromatic rings. The fourth-order valence-corrected chi connectivity index (χ4v) is 4.56. The smallest absolute Gasteiger partial charge is 0.414 e. The van der Waals surface area contributed by atoms with Gasteiger partial charge in [0.1, 0.15) is 18.2 Å². The van der Waals surface area contributed by atoms with Gasteiger partial charge in [0.25, 0.3) is 5.91 Å². The molecule has 32 heavy (non-hydrogen) atoms.